The fourth-order valence-corrected chi connectivity index (χ4v) is 0.287. The van der Waals surface area contributed by atoms with Gasteiger partial charge in [-0.25, -0.2) is 4.99 Å². The zero-order chi connectivity index (χ0) is 5.98. The van der Waals surface area contributed by atoms with Crippen molar-refractivity contribution >= 4 is 12.2 Å². The molecule has 40 valence electrons. The van der Waals surface area contributed by atoms with Crippen LogP contribution in [-0.4, -0.2) is 12.2 Å². The summed E-state index contributed by atoms with van der Waals surface area (Å²) in [6, 6.07) is 0. The second-order valence-corrected chi connectivity index (χ2v) is 1.21. The minimum Gasteiger partial charge on any atom is -0.263 e. The summed E-state index contributed by atoms with van der Waals surface area (Å²) in [5.74, 6) is -0.465. The molecule has 0 saturated heterocycles. The monoisotopic (exact) mass is 109 g/mol. The minimum absolute atomic E-state index is 0.139. The Labute approximate surface area is 45.6 Å². The topological polar surface area (TPSA) is 54.1 Å². The molecule has 1 aliphatic rings. The zero-order valence-corrected chi connectivity index (χ0v) is 4.03. The van der Waals surface area contributed by atoms with Crippen LogP contribution in [0, 0.1) is 0 Å². The van der Waals surface area contributed by atoms with Crippen molar-refractivity contribution in [1.29, 1.82) is 0 Å². The molecule has 0 radical (unpaired) electrons. The van der Waals surface area contributed by atoms with Crippen molar-refractivity contribution in [2.24, 2.45) is 15.2 Å². The van der Waals surface area contributed by atoms with E-state index in [9.17, 15) is 4.79 Å². The Morgan fingerprint density at radius 1 is 1.62 bits per heavy atom. The molecule has 0 fully saturated rings. The summed E-state index contributed by atoms with van der Waals surface area (Å²) < 4.78 is 0. The number of nitrogens with zero attached hydrogens (tertiary/aromatic N) is 3. The van der Waals surface area contributed by atoms with Crippen molar-refractivity contribution in [3.8, 4) is 0 Å². The number of azo groups is 1. The van der Waals surface area contributed by atoms with E-state index in [2.05, 4.69) is 21.8 Å². The van der Waals surface area contributed by atoms with E-state index in [4.69, 9.17) is 0 Å². The van der Waals surface area contributed by atoms with E-state index < -0.39 is 5.91 Å². The van der Waals surface area contributed by atoms with Gasteiger partial charge < -0.3 is 0 Å². The van der Waals surface area contributed by atoms with E-state index in [0.29, 0.717) is 0 Å². The molecule has 0 spiro atoms. The number of aliphatic imine (C=N–C) groups is 1. The molecule has 4 heteroatoms. The van der Waals surface area contributed by atoms with Crippen molar-refractivity contribution in [3.05, 3.63) is 12.3 Å². The van der Waals surface area contributed by atoms with Crippen LogP contribution >= 0.6 is 0 Å². The molecule has 0 aromatic rings. The number of rotatable bonds is 0. The summed E-state index contributed by atoms with van der Waals surface area (Å²) in [5.41, 5.74) is 0.139. The lowest BCUT2D eigenvalue weighted by Gasteiger charge is -1.91. The Morgan fingerprint density at radius 2 is 2.38 bits per heavy atom. The van der Waals surface area contributed by atoms with Crippen molar-refractivity contribution in [1.82, 2.24) is 0 Å². The first-order chi connectivity index (χ1) is 3.80. The highest BCUT2D eigenvalue weighted by atomic mass is 16.2. The maximum absolute atomic E-state index is 10.3. The second-order valence-electron chi connectivity index (χ2n) is 1.21. The molecule has 0 aromatic heterocycles. The molecule has 0 atom stereocenters. The lowest BCUT2D eigenvalue weighted by atomic mass is 10.5. The average Bonchev–Trinajstić information content (AvgIpc) is 1.77. The second kappa shape index (κ2) is 1.65. The molecule has 1 aliphatic heterocycles. The Morgan fingerprint density at radius 3 is 2.75 bits per heavy atom. The van der Waals surface area contributed by atoms with Crippen molar-refractivity contribution < 1.29 is 4.79 Å². The van der Waals surface area contributed by atoms with Gasteiger partial charge in [0.05, 0.1) is 0 Å². The predicted octanol–water partition coefficient (Wildman–Crippen LogP) is 0.521. The van der Waals surface area contributed by atoms with Gasteiger partial charge in [0.25, 0.3) is 0 Å². The quantitative estimate of drug-likeness (QED) is 0.418. The molecule has 1 amide bonds. The summed E-state index contributed by atoms with van der Waals surface area (Å²) in [7, 11) is 0. The van der Waals surface area contributed by atoms with Gasteiger partial charge in [0.1, 0.15) is 12.0 Å². The molecule has 0 aromatic carbocycles. The number of carbonyl (C=O) groups is 1. The van der Waals surface area contributed by atoms with Gasteiger partial charge in [0.15, 0.2) is 0 Å². The molecule has 0 aliphatic carbocycles. The first kappa shape index (κ1) is 4.83. The molecule has 0 unspecified atom stereocenters. The Balaban J connectivity index is 2.89. The van der Waals surface area contributed by atoms with Crippen LogP contribution in [0.1, 0.15) is 0 Å². The average molecular weight is 109 g/mol. The van der Waals surface area contributed by atoms with Gasteiger partial charge >= 0.3 is 5.91 Å². The van der Waals surface area contributed by atoms with E-state index in [1.54, 1.807) is 0 Å². The van der Waals surface area contributed by atoms with Gasteiger partial charge in [-0.3, -0.25) is 4.79 Å². The standard InChI is InChI=1S/C4H3N3O/c1-3-4(8)7-6-2-5-3/h2H,1H2. The summed E-state index contributed by atoms with van der Waals surface area (Å²) in [6.07, 6.45) is 1.18. The summed E-state index contributed by atoms with van der Waals surface area (Å²) in [6.45, 7) is 3.29. The van der Waals surface area contributed by atoms with Crippen LogP contribution < -0.4 is 0 Å². The Hall–Kier alpha value is -1.32. The van der Waals surface area contributed by atoms with Crippen LogP contribution in [0.3, 0.4) is 0 Å². The van der Waals surface area contributed by atoms with Crippen molar-refractivity contribution in [3.63, 3.8) is 0 Å². The number of carbonyl (C=O) groups excluding carboxylic acids is 1. The van der Waals surface area contributed by atoms with E-state index in [0.717, 1.165) is 0 Å². The molecule has 1 rings (SSSR count). The fourth-order valence-electron chi connectivity index (χ4n) is 0.287. The highest BCUT2D eigenvalue weighted by Gasteiger charge is 2.04. The third-order valence-electron chi connectivity index (χ3n) is 0.661. The minimum atomic E-state index is -0.465. The van der Waals surface area contributed by atoms with Crippen LogP contribution in [0.4, 0.5) is 0 Å². The number of hydrogen-bond donors (Lipinski definition) is 0. The van der Waals surface area contributed by atoms with Gasteiger partial charge in [-0.15, -0.1) is 10.2 Å². The molecular formula is C4H3N3O. The zero-order valence-electron chi connectivity index (χ0n) is 4.03. The third kappa shape index (κ3) is 0.676. The first-order valence-corrected chi connectivity index (χ1v) is 1.97. The van der Waals surface area contributed by atoms with Gasteiger partial charge in [-0.2, -0.15) is 0 Å². The van der Waals surface area contributed by atoms with E-state index in [-0.39, 0.29) is 5.70 Å². The predicted molar refractivity (Wildman–Crippen MR) is 27.5 cm³/mol. The van der Waals surface area contributed by atoms with Crippen molar-refractivity contribution in [2.45, 2.75) is 0 Å². The van der Waals surface area contributed by atoms with Gasteiger partial charge in [0.2, 0.25) is 0 Å². The van der Waals surface area contributed by atoms with Crippen LogP contribution in [0.5, 0.6) is 0 Å². The summed E-state index contributed by atoms with van der Waals surface area (Å²) in [5, 5.41) is 6.38. The maximum atomic E-state index is 10.3. The normalized spacial score (nSPS) is 17.5. The van der Waals surface area contributed by atoms with Crippen LogP contribution in [0.2, 0.25) is 0 Å². The molecule has 8 heavy (non-hydrogen) atoms. The fraction of sp³-hybridized carbons (Fsp3) is 0. The number of amides is 1. The SMILES string of the molecule is C=C1N=CN=NC1=O. The van der Waals surface area contributed by atoms with Crippen LogP contribution in [0.15, 0.2) is 27.5 Å². The smallest absolute Gasteiger partial charge is 0.263 e. The van der Waals surface area contributed by atoms with E-state index >= 15 is 0 Å². The van der Waals surface area contributed by atoms with Crippen LogP contribution in [0.25, 0.3) is 0 Å². The molecule has 0 bridgehead atoms. The molecule has 4 nitrogen and oxygen atoms in total. The van der Waals surface area contributed by atoms with E-state index in [1.807, 2.05) is 0 Å². The molecule has 0 N–H and O–H groups in total. The summed E-state index contributed by atoms with van der Waals surface area (Å²) >= 11 is 0. The van der Waals surface area contributed by atoms with Crippen molar-refractivity contribution in [2.75, 3.05) is 0 Å². The molecule has 1 heterocycles. The first-order valence-electron chi connectivity index (χ1n) is 1.97. The third-order valence-corrected chi connectivity index (χ3v) is 0.661. The summed E-state index contributed by atoms with van der Waals surface area (Å²) in [4.78, 5) is 13.8. The molecular weight excluding hydrogens is 106 g/mol. The maximum Gasteiger partial charge on any atom is 0.313 e. The lowest BCUT2D eigenvalue weighted by Crippen LogP contribution is -1.97. The largest absolute Gasteiger partial charge is 0.313 e. The Kier molecular flexibility index (Phi) is 0.997. The highest BCUT2D eigenvalue weighted by Crippen LogP contribution is 1.99. The Bertz CT molecular complexity index is 169. The van der Waals surface area contributed by atoms with Crippen LogP contribution in [-0.2, 0) is 4.79 Å². The van der Waals surface area contributed by atoms with Gasteiger partial charge in [-0.05, 0) is 0 Å². The highest BCUT2D eigenvalue weighted by molar-refractivity contribution is 5.96. The van der Waals surface area contributed by atoms with E-state index in [1.165, 1.54) is 6.34 Å². The molecule has 0 saturated carbocycles. The van der Waals surface area contributed by atoms with Gasteiger partial charge in [-0.1, -0.05) is 6.58 Å². The number of hydrogen-bond acceptors (Lipinski definition) is 3. The van der Waals surface area contributed by atoms with Gasteiger partial charge in [0, 0.05) is 0 Å². The lowest BCUT2D eigenvalue weighted by molar-refractivity contribution is -0.114.